The van der Waals surface area contributed by atoms with Crippen LogP contribution >= 0.6 is 11.8 Å². The lowest BCUT2D eigenvalue weighted by molar-refractivity contribution is 0.784. The van der Waals surface area contributed by atoms with Gasteiger partial charge in [0, 0.05) is 11.3 Å². The van der Waals surface area contributed by atoms with Crippen molar-refractivity contribution in [3.63, 3.8) is 0 Å². The quantitative estimate of drug-likeness (QED) is 0.646. The Balaban J connectivity index is 2.13. The molecule has 0 bridgehead atoms. The predicted molar refractivity (Wildman–Crippen MR) is 76.2 cm³/mol. The molecule has 0 spiro atoms. The summed E-state index contributed by atoms with van der Waals surface area (Å²) in [6.45, 7) is 8.20. The third kappa shape index (κ3) is 3.92. The first-order chi connectivity index (χ1) is 9.04. The third-order valence-electron chi connectivity index (χ3n) is 2.38. The van der Waals surface area contributed by atoms with Crippen LogP contribution in [-0.2, 0) is 0 Å². The minimum absolute atomic E-state index is 0.0219. The Morgan fingerprint density at radius 3 is 2.68 bits per heavy atom. The molecule has 2 heterocycles. The van der Waals surface area contributed by atoms with Crippen molar-refractivity contribution in [1.29, 1.82) is 0 Å². The van der Waals surface area contributed by atoms with Crippen LogP contribution in [0, 0.1) is 6.92 Å². The smallest absolute Gasteiger partial charge is 0.146 e. The van der Waals surface area contributed by atoms with Crippen molar-refractivity contribution in [2.24, 2.45) is 0 Å². The van der Waals surface area contributed by atoms with Gasteiger partial charge in [0.25, 0.3) is 0 Å². The van der Waals surface area contributed by atoms with Gasteiger partial charge in [0.1, 0.15) is 28.8 Å². The standard InChI is InChI=1S/C12H18N6S/c1-7(2)19-11-5-10(16-9(4)17-11)15-8(3)12-13-6-14-18-12/h5-8H,1-4H3,(H,13,14,18)(H,15,16,17). The average Bonchev–Trinajstić information content (AvgIpc) is 2.79. The Hall–Kier alpha value is -1.63. The molecule has 0 saturated heterocycles. The molecule has 0 radical (unpaired) electrons. The zero-order valence-corrected chi connectivity index (χ0v) is 12.3. The Morgan fingerprint density at radius 2 is 2.05 bits per heavy atom. The van der Waals surface area contributed by atoms with Crippen molar-refractivity contribution >= 4 is 17.6 Å². The van der Waals surface area contributed by atoms with Gasteiger partial charge in [0.05, 0.1) is 6.04 Å². The van der Waals surface area contributed by atoms with Crippen LogP contribution in [0.25, 0.3) is 0 Å². The van der Waals surface area contributed by atoms with Gasteiger partial charge in [0.2, 0.25) is 0 Å². The summed E-state index contributed by atoms with van der Waals surface area (Å²) in [7, 11) is 0. The Kier molecular flexibility index (Phi) is 4.36. The molecule has 1 atom stereocenters. The van der Waals surface area contributed by atoms with Crippen molar-refractivity contribution in [3.8, 4) is 0 Å². The van der Waals surface area contributed by atoms with E-state index in [-0.39, 0.29) is 6.04 Å². The van der Waals surface area contributed by atoms with Gasteiger partial charge in [-0.1, -0.05) is 13.8 Å². The number of rotatable bonds is 5. The highest BCUT2D eigenvalue weighted by atomic mass is 32.2. The Morgan fingerprint density at radius 1 is 1.26 bits per heavy atom. The second kappa shape index (κ2) is 6.01. The van der Waals surface area contributed by atoms with Crippen LogP contribution in [0.3, 0.4) is 0 Å². The molecule has 0 aromatic carbocycles. The number of nitrogens with one attached hydrogen (secondary N) is 2. The lowest BCUT2D eigenvalue weighted by Crippen LogP contribution is -2.10. The highest BCUT2D eigenvalue weighted by molar-refractivity contribution is 7.99. The first-order valence-electron chi connectivity index (χ1n) is 6.18. The number of aryl methyl sites for hydroxylation is 1. The molecule has 19 heavy (non-hydrogen) atoms. The summed E-state index contributed by atoms with van der Waals surface area (Å²) in [5, 5.41) is 11.5. The summed E-state index contributed by atoms with van der Waals surface area (Å²) in [5.74, 6) is 2.35. The first kappa shape index (κ1) is 13.8. The zero-order valence-electron chi connectivity index (χ0n) is 11.5. The summed E-state index contributed by atoms with van der Waals surface area (Å²) in [6.07, 6.45) is 1.50. The number of nitrogens with zero attached hydrogens (tertiary/aromatic N) is 4. The number of aromatic amines is 1. The normalized spacial score (nSPS) is 12.7. The summed E-state index contributed by atoms with van der Waals surface area (Å²) in [6, 6.07) is 1.98. The van der Waals surface area contributed by atoms with Gasteiger partial charge in [-0.2, -0.15) is 5.10 Å². The molecular formula is C12H18N6S. The van der Waals surface area contributed by atoms with E-state index in [0.29, 0.717) is 5.25 Å². The van der Waals surface area contributed by atoms with E-state index < -0.39 is 0 Å². The molecule has 2 rings (SSSR count). The fraction of sp³-hybridized carbons (Fsp3) is 0.500. The maximum atomic E-state index is 4.42. The molecular weight excluding hydrogens is 260 g/mol. The number of H-pyrrole nitrogens is 1. The predicted octanol–water partition coefficient (Wildman–Crippen LogP) is 2.58. The van der Waals surface area contributed by atoms with Crippen LogP contribution in [0.1, 0.15) is 38.5 Å². The number of thioether (sulfide) groups is 1. The topological polar surface area (TPSA) is 79.4 Å². The molecule has 2 N–H and O–H groups in total. The summed E-state index contributed by atoms with van der Waals surface area (Å²) in [4.78, 5) is 12.9. The minimum atomic E-state index is 0.0219. The second-order valence-electron chi connectivity index (χ2n) is 4.54. The van der Waals surface area contributed by atoms with Gasteiger partial charge >= 0.3 is 0 Å². The molecule has 1 unspecified atom stereocenters. The number of anilines is 1. The van der Waals surface area contributed by atoms with Crippen LogP contribution in [0.4, 0.5) is 5.82 Å². The largest absolute Gasteiger partial charge is 0.360 e. The van der Waals surface area contributed by atoms with E-state index in [1.807, 2.05) is 19.9 Å². The van der Waals surface area contributed by atoms with E-state index in [4.69, 9.17) is 0 Å². The molecule has 102 valence electrons. The molecule has 0 saturated carbocycles. The number of aromatic nitrogens is 5. The molecule has 0 fully saturated rings. The average molecular weight is 278 g/mol. The van der Waals surface area contributed by atoms with Crippen LogP contribution in [0.2, 0.25) is 0 Å². The van der Waals surface area contributed by atoms with Crippen molar-refractivity contribution in [2.75, 3.05) is 5.32 Å². The van der Waals surface area contributed by atoms with Crippen LogP contribution < -0.4 is 5.32 Å². The third-order valence-corrected chi connectivity index (χ3v) is 3.30. The summed E-state index contributed by atoms with van der Waals surface area (Å²) >= 11 is 1.72. The highest BCUT2D eigenvalue weighted by Gasteiger charge is 2.11. The molecule has 2 aromatic heterocycles. The molecule has 2 aromatic rings. The lowest BCUT2D eigenvalue weighted by Gasteiger charge is -2.13. The van der Waals surface area contributed by atoms with Gasteiger partial charge in [0.15, 0.2) is 0 Å². The van der Waals surface area contributed by atoms with E-state index >= 15 is 0 Å². The van der Waals surface area contributed by atoms with E-state index in [9.17, 15) is 0 Å². The summed E-state index contributed by atoms with van der Waals surface area (Å²) < 4.78 is 0. The van der Waals surface area contributed by atoms with Gasteiger partial charge in [-0.15, -0.1) is 11.8 Å². The maximum absolute atomic E-state index is 4.42. The van der Waals surface area contributed by atoms with Gasteiger partial charge < -0.3 is 5.32 Å². The zero-order chi connectivity index (χ0) is 13.8. The minimum Gasteiger partial charge on any atom is -0.360 e. The molecule has 0 aliphatic heterocycles. The van der Waals surface area contributed by atoms with E-state index in [1.165, 1.54) is 6.33 Å². The maximum Gasteiger partial charge on any atom is 0.146 e. The molecule has 0 aliphatic carbocycles. The van der Waals surface area contributed by atoms with Gasteiger partial charge in [-0.05, 0) is 13.8 Å². The molecule has 6 nitrogen and oxygen atoms in total. The Labute approximate surface area is 116 Å². The molecule has 0 aliphatic rings. The number of hydrogen-bond donors (Lipinski definition) is 2. The summed E-state index contributed by atoms with van der Waals surface area (Å²) in [5.41, 5.74) is 0. The first-order valence-corrected chi connectivity index (χ1v) is 7.06. The molecule has 0 amide bonds. The van der Waals surface area contributed by atoms with Crippen LogP contribution in [-0.4, -0.2) is 30.4 Å². The Bertz CT molecular complexity index is 525. The second-order valence-corrected chi connectivity index (χ2v) is 6.14. The van der Waals surface area contributed by atoms with Crippen LogP contribution in [0.15, 0.2) is 17.4 Å². The molecule has 7 heteroatoms. The monoisotopic (exact) mass is 278 g/mol. The highest BCUT2D eigenvalue weighted by Crippen LogP contribution is 2.24. The van der Waals surface area contributed by atoms with Crippen molar-refractivity contribution in [1.82, 2.24) is 25.1 Å². The van der Waals surface area contributed by atoms with E-state index in [0.717, 1.165) is 22.5 Å². The number of hydrogen-bond acceptors (Lipinski definition) is 6. The van der Waals surface area contributed by atoms with Crippen molar-refractivity contribution in [2.45, 2.75) is 44.0 Å². The van der Waals surface area contributed by atoms with E-state index in [2.05, 4.69) is 44.3 Å². The van der Waals surface area contributed by atoms with Gasteiger partial charge in [-0.3, -0.25) is 5.10 Å². The fourth-order valence-corrected chi connectivity index (χ4v) is 2.48. The van der Waals surface area contributed by atoms with Crippen molar-refractivity contribution < 1.29 is 0 Å². The fourth-order valence-electron chi connectivity index (χ4n) is 1.63. The van der Waals surface area contributed by atoms with Gasteiger partial charge in [-0.25, -0.2) is 15.0 Å². The van der Waals surface area contributed by atoms with Crippen molar-refractivity contribution in [3.05, 3.63) is 24.0 Å². The van der Waals surface area contributed by atoms with Crippen LogP contribution in [0.5, 0.6) is 0 Å². The van der Waals surface area contributed by atoms with E-state index in [1.54, 1.807) is 11.8 Å². The SMILES string of the molecule is Cc1nc(NC(C)c2ncn[nH]2)cc(SC(C)C)n1. The lowest BCUT2D eigenvalue weighted by atomic mass is 10.3.